The van der Waals surface area contributed by atoms with Gasteiger partial charge in [0.05, 0.1) is 18.2 Å². The van der Waals surface area contributed by atoms with E-state index in [0.29, 0.717) is 30.9 Å². The molecule has 0 aromatic heterocycles. The van der Waals surface area contributed by atoms with Crippen LogP contribution in [-0.4, -0.2) is 41.0 Å². The zero-order chi connectivity index (χ0) is 25.2. The Bertz CT molecular complexity index is 1310. The second-order valence-electron chi connectivity index (χ2n) is 9.19. The Balaban J connectivity index is 1.56. The molecule has 184 valence electrons. The number of aliphatic hydroxyl groups excluding tert-OH is 1. The number of ketones is 1. The Morgan fingerprint density at radius 2 is 1.81 bits per heavy atom. The Hall–Kier alpha value is -4.06. The Morgan fingerprint density at radius 3 is 2.53 bits per heavy atom. The third kappa shape index (κ3) is 4.47. The van der Waals surface area contributed by atoms with Gasteiger partial charge in [-0.3, -0.25) is 9.59 Å². The average Bonchev–Trinajstić information content (AvgIpc) is 3.39. The minimum absolute atomic E-state index is 0.0600. The maximum absolute atomic E-state index is 13.3. The summed E-state index contributed by atoms with van der Waals surface area (Å²) in [5, 5.41) is 11.4. The summed E-state index contributed by atoms with van der Waals surface area (Å²) in [7, 11) is 0. The van der Waals surface area contributed by atoms with Crippen molar-refractivity contribution in [2.75, 3.05) is 13.2 Å². The first-order valence-electron chi connectivity index (χ1n) is 12.3. The fourth-order valence-electron chi connectivity index (χ4n) is 4.99. The summed E-state index contributed by atoms with van der Waals surface area (Å²) in [6.45, 7) is 4.78. The van der Waals surface area contributed by atoms with Crippen molar-refractivity contribution in [1.29, 1.82) is 0 Å². The SMILES string of the molecule is CCOc1ccc([C@H]2C(=C(O)c3ccc4c(c3)C[C@@H](C)O4)C(=O)C(=O)N2CCc2ccccc2)cc1. The number of ether oxygens (including phenoxy) is 2. The van der Waals surface area contributed by atoms with Gasteiger partial charge in [0.1, 0.15) is 23.4 Å². The summed E-state index contributed by atoms with van der Waals surface area (Å²) in [5.41, 5.74) is 3.39. The van der Waals surface area contributed by atoms with Gasteiger partial charge in [0.2, 0.25) is 0 Å². The van der Waals surface area contributed by atoms with Crippen LogP contribution in [0.1, 0.15) is 42.1 Å². The van der Waals surface area contributed by atoms with Gasteiger partial charge in [-0.1, -0.05) is 42.5 Å². The number of fused-ring (bicyclic) bond motifs is 1. The molecular formula is C30H29NO5. The number of nitrogens with zero attached hydrogens (tertiary/aromatic N) is 1. The van der Waals surface area contributed by atoms with Crippen LogP contribution in [0.5, 0.6) is 11.5 Å². The molecule has 3 aromatic rings. The Kier molecular flexibility index (Phi) is 6.51. The highest BCUT2D eigenvalue weighted by atomic mass is 16.5. The van der Waals surface area contributed by atoms with Crippen molar-refractivity contribution in [3.05, 3.63) is 101 Å². The van der Waals surface area contributed by atoms with Gasteiger partial charge in [-0.15, -0.1) is 0 Å². The van der Waals surface area contributed by atoms with Crippen molar-refractivity contribution in [2.24, 2.45) is 0 Å². The second-order valence-corrected chi connectivity index (χ2v) is 9.19. The fraction of sp³-hybridized carbons (Fsp3) is 0.267. The van der Waals surface area contributed by atoms with E-state index in [4.69, 9.17) is 9.47 Å². The van der Waals surface area contributed by atoms with E-state index in [1.54, 1.807) is 11.0 Å². The number of likely N-dealkylation sites (tertiary alicyclic amines) is 1. The van der Waals surface area contributed by atoms with E-state index in [2.05, 4.69) is 0 Å². The number of Topliss-reactive ketones (excluding diaryl/α,β-unsaturated/α-hetero) is 1. The maximum Gasteiger partial charge on any atom is 0.295 e. The Morgan fingerprint density at radius 1 is 1.06 bits per heavy atom. The molecule has 0 bridgehead atoms. The van der Waals surface area contributed by atoms with E-state index in [1.165, 1.54) is 0 Å². The molecule has 0 spiro atoms. The van der Waals surface area contributed by atoms with E-state index in [0.717, 1.165) is 28.9 Å². The minimum Gasteiger partial charge on any atom is -0.507 e. The number of amides is 1. The largest absolute Gasteiger partial charge is 0.507 e. The number of benzene rings is 3. The molecule has 6 heteroatoms. The molecule has 0 unspecified atom stereocenters. The van der Waals surface area contributed by atoms with E-state index in [9.17, 15) is 14.7 Å². The molecule has 2 heterocycles. The molecule has 1 saturated heterocycles. The molecule has 5 rings (SSSR count). The van der Waals surface area contributed by atoms with E-state index in [1.807, 2.05) is 80.6 Å². The van der Waals surface area contributed by atoms with Gasteiger partial charge in [0, 0.05) is 18.5 Å². The lowest BCUT2D eigenvalue weighted by atomic mass is 9.94. The molecule has 2 aliphatic rings. The first-order chi connectivity index (χ1) is 17.5. The lowest BCUT2D eigenvalue weighted by Crippen LogP contribution is -2.31. The highest BCUT2D eigenvalue weighted by Gasteiger charge is 2.46. The summed E-state index contributed by atoms with van der Waals surface area (Å²) in [6, 6.07) is 21.9. The molecule has 1 fully saturated rings. The van der Waals surface area contributed by atoms with Gasteiger partial charge >= 0.3 is 0 Å². The fourth-order valence-corrected chi connectivity index (χ4v) is 4.99. The van der Waals surface area contributed by atoms with Crippen LogP contribution in [0.3, 0.4) is 0 Å². The highest BCUT2D eigenvalue weighted by Crippen LogP contribution is 2.41. The molecule has 6 nitrogen and oxygen atoms in total. The van der Waals surface area contributed by atoms with Crippen LogP contribution in [0, 0.1) is 0 Å². The van der Waals surface area contributed by atoms with E-state index in [-0.39, 0.29) is 17.4 Å². The molecule has 36 heavy (non-hydrogen) atoms. The van der Waals surface area contributed by atoms with Crippen molar-refractivity contribution in [2.45, 2.75) is 38.8 Å². The average molecular weight is 484 g/mol. The molecular weight excluding hydrogens is 454 g/mol. The van der Waals surface area contributed by atoms with Gasteiger partial charge in [0.15, 0.2) is 0 Å². The maximum atomic E-state index is 13.3. The van der Waals surface area contributed by atoms with Crippen LogP contribution in [0.2, 0.25) is 0 Å². The predicted octanol–water partition coefficient (Wildman–Crippen LogP) is 5.07. The van der Waals surface area contributed by atoms with Crippen molar-refractivity contribution >= 4 is 17.4 Å². The monoisotopic (exact) mass is 483 g/mol. The van der Waals surface area contributed by atoms with Crippen LogP contribution < -0.4 is 9.47 Å². The summed E-state index contributed by atoms with van der Waals surface area (Å²) in [5.74, 6) is 0.0338. The smallest absolute Gasteiger partial charge is 0.295 e. The molecule has 1 amide bonds. The summed E-state index contributed by atoms with van der Waals surface area (Å²) >= 11 is 0. The first kappa shape index (κ1) is 23.7. The van der Waals surface area contributed by atoms with Crippen LogP contribution in [0.4, 0.5) is 0 Å². The lowest BCUT2D eigenvalue weighted by Gasteiger charge is -2.25. The number of carbonyl (C=O) groups excluding carboxylic acids is 2. The van der Waals surface area contributed by atoms with E-state index >= 15 is 0 Å². The standard InChI is InChI=1S/C30H29NO5/c1-3-35-24-12-9-21(10-13-24)27-26(28(32)22-11-14-25-23(18-22)17-19(2)36-25)29(33)30(34)31(27)16-15-20-7-5-4-6-8-20/h4-14,18-19,27,32H,3,15-17H2,1-2H3/t19-,27+/m1/s1. The molecule has 1 N–H and O–H groups in total. The van der Waals surface area contributed by atoms with Crippen LogP contribution in [-0.2, 0) is 22.4 Å². The van der Waals surface area contributed by atoms with Crippen molar-refractivity contribution in [3.63, 3.8) is 0 Å². The number of carbonyl (C=O) groups is 2. The van der Waals surface area contributed by atoms with Gasteiger partial charge in [-0.2, -0.15) is 0 Å². The zero-order valence-corrected chi connectivity index (χ0v) is 20.4. The van der Waals surface area contributed by atoms with Crippen molar-refractivity contribution in [3.8, 4) is 11.5 Å². The number of rotatable bonds is 7. The normalized spacial score (nSPS) is 20.3. The molecule has 0 radical (unpaired) electrons. The lowest BCUT2D eigenvalue weighted by molar-refractivity contribution is -0.139. The Labute approximate surface area is 210 Å². The van der Waals surface area contributed by atoms with Gasteiger partial charge < -0.3 is 19.5 Å². The first-order valence-corrected chi connectivity index (χ1v) is 12.3. The molecule has 2 aliphatic heterocycles. The van der Waals surface area contributed by atoms with Crippen LogP contribution >= 0.6 is 0 Å². The van der Waals surface area contributed by atoms with Crippen LogP contribution in [0.15, 0.2) is 78.4 Å². The number of aliphatic hydroxyl groups is 1. The third-order valence-corrected chi connectivity index (χ3v) is 6.70. The van der Waals surface area contributed by atoms with Gasteiger partial charge in [-0.25, -0.2) is 0 Å². The highest BCUT2D eigenvalue weighted by molar-refractivity contribution is 6.46. The third-order valence-electron chi connectivity index (χ3n) is 6.70. The van der Waals surface area contributed by atoms with Gasteiger partial charge in [0.25, 0.3) is 11.7 Å². The molecule has 0 saturated carbocycles. The second kappa shape index (κ2) is 9.90. The van der Waals surface area contributed by atoms with Crippen molar-refractivity contribution in [1.82, 2.24) is 4.90 Å². The van der Waals surface area contributed by atoms with Crippen LogP contribution in [0.25, 0.3) is 5.76 Å². The molecule has 3 aromatic carbocycles. The van der Waals surface area contributed by atoms with Crippen molar-refractivity contribution < 1.29 is 24.2 Å². The predicted molar refractivity (Wildman–Crippen MR) is 137 cm³/mol. The van der Waals surface area contributed by atoms with E-state index < -0.39 is 17.7 Å². The number of hydrogen-bond donors (Lipinski definition) is 1. The molecule has 2 atom stereocenters. The quantitative estimate of drug-likeness (QED) is 0.288. The summed E-state index contributed by atoms with van der Waals surface area (Å²) < 4.78 is 11.4. The number of hydrogen-bond acceptors (Lipinski definition) is 5. The minimum atomic E-state index is -0.701. The van der Waals surface area contributed by atoms with Gasteiger partial charge in [-0.05, 0) is 67.3 Å². The summed E-state index contributed by atoms with van der Waals surface area (Å²) in [6.07, 6.45) is 1.38. The topological polar surface area (TPSA) is 76.1 Å². The molecule has 0 aliphatic carbocycles. The summed E-state index contributed by atoms with van der Waals surface area (Å²) in [4.78, 5) is 28.1. The zero-order valence-electron chi connectivity index (χ0n) is 20.4.